The maximum atomic E-state index is 12.9. The summed E-state index contributed by atoms with van der Waals surface area (Å²) in [5.74, 6) is 1.61. The minimum Gasteiger partial charge on any atom is -0.497 e. The van der Waals surface area contributed by atoms with Gasteiger partial charge in [0.05, 0.1) is 26.3 Å². The topological polar surface area (TPSA) is 109 Å². The molecule has 0 saturated carbocycles. The fourth-order valence-electron chi connectivity index (χ4n) is 4.48. The highest BCUT2D eigenvalue weighted by Gasteiger charge is 2.29. The predicted molar refractivity (Wildman–Crippen MR) is 134 cm³/mol. The molecule has 9 nitrogen and oxygen atoms in total. The molecule has 0 amide bonds. The summed E-state index contributed by atoms with van der Waals surface area (Å²) in [6.45, 7) is 7.40. The van der Waals surface area contributed by atoms with Crippen LogP contribution in [0.15, 0.2) is 53.3 Å². The molecule has 2 aromatic carbocycles. The average molecular weight is 477 g/mol. The Morgan fingerprint density at radius 3 is 2.60 bits per heavy atom. The van der Waals surface area contributed by atoms with E-state index < -0.39 is 0 Å². The summed E-state index contributed by atoms with van der Waals surface area (Å²) in [6.07, 6.45) is 0. The zero-order chi connectivity index (χ0) is 24.9. The van der Waals surface area contributed by atoms with Crippen LogP contribution in [0.2, 0.25) is 0 Å². The van der Waals surface area contributed by atoms with Gasteiger partial charge >= 0.3 is 0 Å². The number of aromatic nitrogens is 5. The number of H-pyrrole nitrogens is 1. The second kappa shape index (κ2) is 10.8. The molecular formula is C26H32N6O3. The largest absolute Gasteiger partial charge is 0.497 e. The highest BCUT2D eigenvalue weighted by Crippen LogP contribution is 2.29. The monoisotopic (exact) mass is 476 g/mol. The minimum atomic E-state index is -0.206. The molecule has 4 aromatic rings. The van der Waals surface area contributed by atoms with Gasteiger partial charge in [-0.1, -0.05) is 37.6 Å². The van der Waals surface area contributed by atoms with E-state index in [1.54, 1.807) is 11.8 Å². The summed E-state index contributed by atoms with van der Waals surface area (Å²) in [6, 6.07) is 15.5. The van der Waals surface area contributed by atoms with Gasteiger partial charge in [-0.3, -0.25) is 9.69 Å². The number of aliphatic hydroxyl groups excluding tert-OH is 1. The van der Waals surface area contributed by atoms with Crippen LogP contribution >= 0.6 is 0 Å². The quantitative estimate of drug-likeness (QED) is 0.362. The van der Waals surface area contributed by atoms with Gasteiger partial charge in [-0.05, 0) is 64.5 Å². The molecular weight excluding hydrogens is 444 g/mol. The van der Waals surface area contributed by atoms with E-state index in [-0.39, 0.29) is 24.1 Å². The van der Waals surface area contributed by atoms with Gasteiger partial charge in [-0.2, -0.15) is 0 Å². The number of ether oxygens (including phenoxy) is 1. The lowest BCUT2D eigenvalue weighted by molar-refractivity contribution is 0.106. The van der Waals surface area contributed by atoms with E-state index in [0.29, 0.717) is 31.0 Å². The van der Waals surface area contributed by atoms with Gasteiger partial charge in [0.1, 0.15) is 5.75 Å². The molecule has 184 valence electrons. The van der Waals surface area contributed by atoms with Crippen molar-refractivity contribution in [2.75, 3.05) is 20.3 Å². The Balaban J connectivity index is 1.66. The Hall–Kier alpha value is -3.56. The predicted octanol–water partition coefficient (Wildman–Crippen LogP) is 3.07. The summed E-state index contributed by atoms with van der Waals surface area (Å²) < 4.78 is 7.03. The number of hydrogen-bond donors (Lipinski definition) is 2. The van der Waals surface area contributed by atoms with Crippen molar-refractivity contribution >= 4 is 10.9 Å². The van der Waals surface area contributed by atoms with E-state index in [1.807, 2.05) is 49.4 Å². The van der Waals surface area contributed by atoms with Crippen LogP contribution in [0.4, 0.5) is 0 Å². The molecule has 9 heteroatoms. The average Bonchev–Trinajstić information content (AvgIpc) is 3.27. The molecule has 2 N–H and O–H groups in total. The maximum absolute atomic E-state index is 12.9. The minimum absolute atomic E-state index is 0.0478. The summed E-state index contributed by atoms with van der Waals surface area (Å²) in [4.78, 5) is 18.0. The SMILES string of the molecule is COc1ccc(Cn2nnnc2C(C(C)C)N(CCO)Cc2cc3cc(C)ccc3[nH]c2=O)cc1. The van der Waals surface area contributed by atoms with E-state index in [0.717, 1.165) is 27.8 Å². The molecule has 4 rings (SSSR count). The van der Waals surface area contributed by atoms with Crippen molar-refractivity contribution < 1.29 is 9.84 Å². The summed E-state index contributed by atoms with van der Waals surface area (Å²) in [5, 5.41) is 23.4. The second-order valence-corrected chi connectivity index (χ2v) is 9.14. The summed E-state index contributed by atoms with van der Waals surface area (Å²) in [5.41, 5.74) is 3.47. The Morgan fingerprint density at radius 1 is 1.14 bits per heavy atom. The first-order valence-electron chi connectivity index (χ1n) is 11.8. The van der Waals surface area contributed by atoms with Gasteiger partial charge in [0.2, 0.25) is 0 Å². The molecule has 0 aliphatic carbocycles. The first-order chi connectivity index (χ1) is 16.9. The third-order valence-corrected chi connectivity index (χ3v) is 6.18. The number of fused-ring (bicyclic) bond motifs is 1. The van der Waals surface area contributed by atoms with Gasteiger partial charge in [0.15, 0.2) is 5.82 Å². The van der Waals surface area contributed by atoms with Crippen LogP contribution in [0.25, 0.3) is 10.9 Å². The van der Waals surface area contributed by atoms with E-state index in [1.165, 1.54) is 0 Å². The first-order valence-corrected chi connectivity index (χ1v) is 11.8. The van der Waals surface area contributed by atoms with Crippen LogP contribution in [-0.2, 0) is 13.1 Å². The summed E-state index contributed by atoms with van der Waals surface area (Å²) >= 11 is 0. The Labute approximate surface area is 204 Å². The van der Waals surface area contributed by atoms with E-state index in [2.05, 4.69) is 45.3 Å². The van der Waals surface area contributed by atoms with E-state index in [4.69, 9.17) is 4.74 Å². The van der Waals surface area contributed by atoms with Crippen LogP contribution in [-0.4, -0.2) is 55.5 Å². The Morgan fingerprint density at radius 2 is 1.91 bits per heavy atom. The molecule has 0 saturated heterocycles. The van der Waals surface area contributed by atoms with Gasteiger partial charge in [0, 0.05) is 24.2 Å². The molecule has 0 aliphatic heterocycles. The second-order valence-electron chi connectivity index (χ2n) is 9.14. The van der Waals surface area contributed by atoms with Crippen molar-refractivity contribution in [3.63, 3.8) is 0 Å². The first kappa shape index (κ1) is 24.6. The van der Waals surface area contributed by atoms with Crippen molar-refractivity contribution in [1.82, 2.24) is 30.1 Å². The maximum Gasteiger partial charge on any atom is 0.252 e. The molecule has 1 atom stereocenters. The van der Waals surface area contributed by atoms with Gasteiger partial charge < -0.3 is 14.8 Å². The fraction of sp³-hybridized carbons (Fsp3) is 0.385. The number of hydrogen-bond acceptors (Lipinski definition) is 7. The molecule has 0 aliphatic rings. The van der Waals surface area contributed by atoms with Gasteiger partial charge in [-0.15, -0.1) is 5.10 Å². The molecule has 0 radical (unpaired) electrons. The molecule has 0 bridgehead atoms. The number of nitrogens with one attached hydrogen (secondary N) is 1. The van der Waals surface area contributed by atoms with Crippen molar-refractivity contribution in [3.8, 4) is 5.75 Å². The number of nitrogens with zero attached hydrogens (tertiary/aromatic N) is 5. The number of pyridine rings is 1. The van der Waals surface area contributed by atoms with Crippen LogP contribution < -0.4 is 10.3 Å². The Bertz CT molecular complexity index is 1330. The number of aryl methyl sites for hydroxylation is 1. The molecule has 35 heavy (non-hydrogen) atoms. The molecule has 2 aromatic heterocycles. The number of rotatable bonds is 10. The highest BCUT2D eigenvalue weighted by molar-refractivity contribution is 5.79. The fourth-order valence-corrected chi connectivity index (χ4v) is 4.48. The number of methoxy groups -OCH3 is 1. The number of tetrazole rings is 1. The van der Waals surface area contributed by atoms with Crippen molar-refractivity contribution in [2.45, 2.75) is 39.9 Å². The molecule has 0 fully saturated rings. The standard InChI is InChI=1S/C26H32N6O3/c1-17(2)24(25-28-29-30-32(25)15-19-6-8-22(35-4)9-7-19)31(11-12-33)16-21-14-20-13-18(3)5-10-23(20)27-26(21)34/h5-10,13-14,17,24,33H,11-12,15-16H2,1-4H3,(H,27,34). The number of aromatic amines is 1. The highest BCUT2D eigenvalue weighted by atomic mass is 16.5. The normalized spacial score (nSPS) is 12.5. The zero-order valence-electron chi connectivity index (χ0n) is 20.6. The number of benzene rings is 2. The number of aliphatic hydroxyl groups is 1. The third-order valence-electron chi connectivity index (χ3n) is 6.18. The van der Waals surface area contributed by atoms with Gasteiger partial charge in [0.25, 0.3) is 5.56 Å². The van der Waals surface area contributed by atoms with Crippen LogP contribution in [0.1, 0.15) is 42.4 Å². The smallest absolute Gasteiger partial charge is 0.252 e. The zero-order valence-corrected chi connectivity index (χ0v) is 20.6. The van der Waals surface area contributed by atoms with Crippen molar-refractivity contribution in [2.24, 2.45) is 5.92 Å². The van der Waals surface area contributed by atoms with Crippen LogP contribution in [0.3, 0.4) is 0 Å². The lowest BCUT2D eigenvalue weighted by Crippen LogP contribution is -2.37. The molecule has 1 unspecified atom stereocenters. The molecule has 2 heterocycles. The van der Waals surface area contributed by atoms with E-state index >= 15 is 0 Å². The lowest BCUT2D eigenvalue weighted by atomic mass is 10.00. The van der Waals surface area contributed by atoms with Crippen molar-refractivity contribution in [1.29, 1.82) is 0 Å². The third kappa shape index (κ3) is 5.58. The van der Waals surface area contributed by atoms with Crippen molar-refractivity contribution in [3.05, 3.63) is 81.4 Å². The van der Waals surface area contributed by atoms with Crippen LogP contribution in [0.5, 0.6) is 5.75 Å². The van der Waals surface area contributed by atoms with Gasteiger partial charge in [-0.25, -0.2) is 4.68 Å². The Kier molecular flexibility index (Phi) is 7.57. The summed E-state index contributed by atoms with van der Waals surface area (Å²) in [7, 11) is 1.64. The van der Waals surface area contributed by atoms with E-state index in [9.17, 15) is 9.90 Å². The lowest BCUT2D eigenvalue weighted by Gasteiger charge is -2.33. The van der Waals surface area contributed by atoms with Crippen LogP contribution in [0, 0.1) is 12.8 Å². The molecule has 0 spiro atoms.